The molecule has 21 heavy (non-hydrogen) atoms. The molecular weight excluding hydrogens is 270 g/mol. The van der Waals surface area contributed by atoms with Gasteiger partial charge in [0, 0.05) is 12.6 Å². The van der Waals surface area contributed by atoms with E-state index in [1.54, 1.807) is 4.90 Å². The Kier molecular flexibility index (Phi) is 6.72. The molecule has 5 heteroatoms. The van der Waals surface area contributed by atoms with Gasteiger partial charge in [-0.2, -0.15) is 0 Å². The van der Waals surface area contributed by atoms with Crippen molar-refractivity contribution in [3.8, 4) is 5.75 Å². The van der Waals surface area contributed by atoms with Crippen LogP contribution in [0, 0.1) is 6.92 Å². The zero-order chi connectivity index (χ0) is 15.8. The number of carbonyl (C=O) groups is 2. The zero-order valence-electron chi connectivity index (χ0n) is 12.8. The Bertz CT molecular complexity index is 485. The summed E-state index contributed by atoms with van der Waals surface area (Å²) < 4.78 is 5.60. The fourth-order valence-electron chi connectivity index (χ4n) is 2.00. The molecular formula is C16H23NO4. The van der Waals surface area contributed by atoms with Crippen LogP contribution >= 0.6 is 0 Å². The minimum atomic E-state index is -0.899. The number of rotatable bonds is 8. The number of benzene rings is 1. The van der Waals surface area contributed by atoms with Gasteiger partial charge in [0.1, 0.15) is 5.75 Å². The number of nitrogens with zero attached hydrogens (tertiary/aromatic N) is 1. The average Bonchev–Trinajstić information content (AvgIpc) is 2.40. The Morgan fingerprint density at radius 1 is 1.24 bits per heavy atom. The van der Waals surface area contributed by atoms with E-state index in [2.05, 4.69) is 0 Å². The lowest BCUT2D eigenvalue weighted by atomic mass is 10.2. The van der Waals surface area contributed by atoms with Crippen LogP contribution in [0.25, 0.3) is 0 Å². The van der Waals surface area contributed by atoms with E-state index in [-0.39, 0.29) is 31.3 Å². The van der Waals surface area contributed by atoms with E-state index >= 15 is 0 Å². The maximum atomic E-state index is 12.1. The molecule has 0 atom stereocenters. The number of carboxylic acids is 1. The summed E-state index contributed by atoms with van der Waals surface area (Å²) in [6.45, 7) is 6.23. The monoisotopic (exact) mass is 293 g/mol. The quantitative estimate of drug-likeness (QED) is 0.799. The number of amides is 1. The minimum absolute atomic E-state index is 0.0182. The van der Waals surface area contributed by atoms with Gasteiger partial charge in [0.15, 0.2) is 0 Å². The number of para-hydroxylation sites is 1. The normalized spacial score (nSPS) is 10.5. The molecule has 0 saturated carbocycles. The predicted octanol–water partition coefficient (Wildman–Crippen LogP) is 2.48. The number of hydrogen-bond donors (Lipinski definition) is 1. The van der Waals surface area contributed by atoms with Gasteiger partial charge in [0.2, 0.25) is 5.91 Å². The molecule has 0 saturated heterocycles. The van der Waals surface area contributed by atoms with Crippen LogP contribution < -0.4 is 4.74 Å². The molecule has 0 heterocycles. The first kappa shape index (κ1) is 17.0. The second-order valence-electron chi connectivity index (χ2n) is 5.19. The van der Waals surface area contributed by atoms with Crippen molar-refractivity contribution in [1.82, 2.24) is 4.90 Å². The largest absolute Gasteiger partial charge is 0.493 e. The third-order valence-electron chi connectivity index (χ3n) is 3.18. The maximum absolute atomic E-state index is 12.1. The number of carbonyl (C=O) groups excluding carboxylic acids is 1. The van der Waals surface area contributed by atoms with E-state index in [1.807, 2.05) is 45.0 Å². The Morgan fingerprint density at radius 2 is 1.90 bits per heavy atom. The van der Waals surface area contributed by atoms with Crippen LogP contribution in [-0.4, -0.2) is 41.1 Å². The van der Waals surface area contributed by atoms with Gasteiger partial charge >= 0.3 is 5.97 Å². The van der Waals surface area contributed by atoms with Crippen molar-refractivity contribution in [1.29, 1.82) is 0 Å². The van der Waals surface area contributed by atoms with Crippen molar-refractivity contribution in [3.05, 3.63) is 29.8 Å². The minimum Gasteiger partial charge on any atom is -0.493 e. The fourth-order valence-corrected chi connectivity index (χ4v) is 2.00. The molecule has 116 valence electrons. The molecule has 0 aliphatic carbocycles. The fraction of sp³-hybridized carbons (Fsp3) is 0.500. The predicted molar refractivity (Wildman–Crippen MR) is 80.4 cm³/mol. The summed E-state index contributed by atoms with van der Waals surface area (Å²) >= 11 is 0. The first-order valence-corrected chi connectivity index (χ1v) is 7.11. The van der Waals surface area contributed by atoms with E-state index in [1.165, 1.54) is 0 Å². The van der Waals surface area contributed by atoms with E-state index in [9.17, 15) is 9.59 Å². The van der Waals surface area contributed by atoms with Crippen molar-refractivity contribution < 1.29 is 19.4 Å². The summed E-state index contributed by atoms with van der Waals surface area (Å²) in [5.74, 6) is -0.212. The van der Waals surface area contributed by atoms with E-state index in [0.29, 0.717) is 6.61 Å². The zero-order valence-corrected chi connectivity index (χ0v) is 12.8. The molecule has 1 aromatic carbocycles. The van der Waals surface area contributed by atoms with E-state index < -0.39 is 5.97 Å². The maximum Gasteiger partial charge on any atom is 0.305 e. The van der Waals surface area contributed by atoms with Gasteiger partial charge in [0.05, 0.1) is 19.4 Å². The molecule has 0 bridgehead atoms. The van der Waals surface area contributed by atoms with Gasteiger partial charge in [-0.25, -0.2) is 0 Å². The number of aliphatic carboxylic acids is 1. The highest BCUT2D eigenvalue weighted by Crippen LogP contribution is 2.16. The van der Waals surface area contributed by atoms with Gasteiger partial charge < -0.3 is 14.7 Å². The summed E-state index contributed by atoms with van der Waals surface area (Å²) in [6, 6.07) is 7.61. The van der Waals surface area contributed by atoms with Gasteiger partial charge in [-0.1, -0.05) is 18.2 Å². The second-order valence-corrected chi connectivity index (χ2v) is 5.19. The van der Waals surface area contributed by atoms with Crippen LogP contribution in [0.1, 0.15) is 32.3 Å². The summed E-state index contributed by atoms with van der Waals surface area (Å²) in [5, 5.41) is 8.72. The van der Waals surface area contributed by atoms with Crippen LogP contribution in [0.3, 0.4) is 0 Å². The van der Waals surface area contributed by atoms with E-state index in [0.717, 1.165) is 11.3 Å². The Balaban J connectivity index is 2.46. The van der Waals surface area contributed by atoms with Crippen molar-refractivity contribution in [2.45, 2.75) is 39.7 Å². The lowest BCUT2D eigenvalue weighted by Crippen LogP contribution is -2.39. The lowest BCUT2D eigenvalue weighted by Gasteiger charge is -2.26. The Morgan fingerprint density at radius 3 is 2.48 bits per heavy atom. The van der Waals surface area contributed by atoms with Crippen molar-refractivity contribution in [2.75, 3.05) is 13.2 Å². The van der Waals surface area contributed by atoms with Gasteiger partial charge in [-0.3, -0.25) is 9.59 Å². The van der Waals surface area contributed by atoms with Crippen LogP contribution in [0.5, 0.6) is 5.75 Å². The highest BCUT2D eigenvalue weighted by Gasteiger charge is 2.17. The molecule has 1 N–H and O–H groups in total. The molecule has 0 aliphatic heterocycles. The Hall–Kier alpha value is -2.04. The third kappa shape index (κ3) is 5.85. The summed E-state index contributed by atoms with van der Waals surface area (Å²) in [4.78, 5) is 24.3. The highest BCUT2D eigenvalue weighted by atomic mass is 16.5. The molecule has 1 aromatic rings. The van der Waals surface area contributed by atoms with Gasteiger partial charge in [-0.15, -0.1) is 0 Å². The van der Waals surface area contributed by atoms with Crippen LogP contribution in [0.4, 0.5) is 0 Å². The molecule has 5 nitrogen and oxygen atoms in total. The summed E-state index contributed by atoms with van der Waals surface area (Å²) in [5.41, 5.74) is 1.02. The third-order valence-corrected chi connectivity index (χ3v) is 3.18. The SMILES string of the molecule is Cc1ccccc1OCCC(=O)N(CCC(=O)O)C(C)C. The summed E-state index contributed by atoms with van der Waals surface area (Å²) in [7, 11) is 0. The molecule has 1 rings (SSSR count). The lowest BCUT2D eigenvalue weighted by molar-refractivity contribution is -0.139. The molecule has 0 unspecified atom stereocenters. The summed E-state index contributed by atoms with van der Waals surface area (Å²) in [6.07, 6.45) is 0.203. The number of aryl methyl sites for hydroxylation is 1. The first-order chi connectivity index (χ1) is 9.91. The van der Waals surface area contributed by atoms with Crippen LogP contribution in [-0.2, 0) is 9.59 Å². The Labute approximate surface area is 125 Å². The molecule has 0 radical (unpaired) electrons. The topological polar surface area (TPSA) is 66.8 Å². The molecule has 0 fully saturated rings. The average molecular weight is 293 g/mol. The number of carboxylic acid groups (broad SMARTS) is 1. The van der Waals surface area contributed by atoms with E-state index in [4.69, 9.17) is 9.84 Å². The first-order valence-electron chi connectivity index (χ1n) is 7.11. The molecule has 1 amide bonds. The van der Waals surface area contributed by atoms with Crippen molar-refractivity contribution in [2.24, 2.45) is 0 Å². The molecule has 0 aliphatic rings. The number of ether oxygens (including phenoxy) is 1. The van der Waals surface area contributed by atoms with Crippen LogP contribution in [0.15, 0.2) is 24.3 Å². The highest BCUT2D eigenvalue weighted by molar-refractivity contribution is 5.77. The van der Waals surface area contributed by atoms with Crippen molar-refractivity contribution in [3.63, 3.8) is 0 Å². The standard InChI is InChI=1S/C16H23NO4/c1-12(2)17(10-8-16(19)20)15(18)9-11-21-14-7-5-4-6-13(14)3/h4-7,12H,8-11H2,1-3H3,(H,19,20). The molecule has 0 spiro atoms. The van der Waals surface area contributed by atoms with Gasteiger partial charge in [-0.05, 0) is 32.4 Å². The van der Waals surface area contributed by atoms with Crippen LogP contribution in [0.2, 0.25) is 0 Å². The van der Waals surface area contributed by atoms with Crippen molar-refractivity contribution >= 4 is 11.9 Å². The van der Waals surface area contributed by atoms with Gasteiger partial charge in [0.25, 0.3) is 0 Å². The number of hydrogen-bond acceptors (Lipinski definition) is 3. The molecule has 0 aromatic heterocycles. The second kappa shape index (κ2) is 8.29. The smallest absolute Gasteiger partial charge is 0.305 e.